The van der Waals surface area contributed by atoms with E-state index in [2.05, 4.69) is 58.1 Å². The summed E-state index contributed by atoms with van der Waals surface area (Å²) in [5.41, 5.74) is 4.45. The number of rotatable bonds is 3. The molecule has 0 bridgehead atoms. The van der Waals surface area contributed by atoms with Gasteiger partial charge in [-0.1, -0.05) is 35.8 Å². The molecule has 1 heterocycles. The van der Waals surface area contributed by atoms with Crippen molar-refractivity contribution in [3.63, 3.8) is 0 Å². The fraction of sp³-hybridized carbons (Fsp3) is 0.375. The van der Waals surface area contributed by atoms with Gasteiger partial charge in [-0.15, -0.1) is 0 Å². The first-order chi connectivity index (χ1) is 9.43. The van der Waals surface area contributed by atoms with Crippen LogP contribution in [0, 0.1) is 13.8 Å². The largest absolute Gasteiger partial charge is 0.373 e. The van der Waals surface area contributed by atoms with Crippen LogP contribution in [0.5, 0.6) is 0 Å². The van der Waals surface area contributed by atoms with Crippen molar-refractivity contribution < 1.29 is 0 Å². The van der Waals surface area contributed by atoms with Crippen molar-refractivity contribution in [1.29, 1.82) is 0 Å². The number of nitrogens with zero attached hydrogens (tertiary/aromatic N) is 2. The molecule has 0 aliphatic carbocycles. The number of hydrogen-bond donors (Lipinski definition) is 1. The second kappa shape index (κ2) is 5.92. The van der Waals surface area contributed by atoms with Crippen molar-refractivity contribution in [1.82, 2.24) is 9.97 Å². The minimum absolute atomic E-state index is 0.401. The Morgan fingerprint density at radius 3 is 2.40 bits per heavy atom. The Morgan fingerprint density at radius 1 is 1.15 bits per heavy atom. The van der Waals surface area contributed by atoms with Crippen LogP contribution in [0.1, 0.15) is 36.6 Å². The maximum absolute atomic E-state index is 4.68. The summed E-state index contributed by atoms with van der Waals surface area (Å²) in [6.45, 7) is 8.45. The molecule has 0 spiro atoms. The van der Waals surface area contributed by atoms with Crippen molar-refractivity contribution in [3.8, 4) is 11.4 Å². The fourth-order valence-electron chi connectivity index (χ4n) is 2.38. The van der Waals surface area contributed by atoms with Crippen molar-refractivity contribution in [2.75, 3.05) is 12.4 Å². The first-order valence-electron chi connectivity index (χ1n) is 6.76. The lowest BCUT2D eigenvalue weighted by atomic mass is 10.0. The Kier molecular flexibility index (Phi) is 4.43. The molecule has 0 atom stereocenters. The zero-order valence-corrected chi connectivity index (χ0v) is 14.2. The third-order valence-corrected chi connectivity index (χ3v) is 4.26. The van der Waals surface area contributed by atoms with Crippen LogP contribution in [0.3, 0.4) is 0 Å². The number of nitrogens with one attached hydrogen (secondary N) is 1. The Morgan fingerprint density at radius 2 is 1.85 bits per heavy atom. The second-order valence-corrected chi connectivity index (χ2v) is 6.12. The van der Waals surface area contributed by atoms with Crippen molar-refractivity contribution >= 4 is 21.7 Å². The lowest BCUT2D eigenvalue weighted by molar-refractivity contribution is 0.833. The van der Waals surface area contributed by atoms with E-state index in [9.17, 15) is 0 Å². The van der Waals surface area contributed by atoms with Crippen LogP contribution in [-0.2, 0) is 0 Å². The van der Waals surface area contributed by atoms with E-state index in [1.54, 1.807) is 0 Å². The monoisotopic (exact) mass is 333 g/mol. The standard InChI is InChI=1S/C16H20BrN3/c1-9(2)14-11(4)19-15(20-16(14)18-5)12-6-7-13(17)10(3)8-12/h6-9H,1-5H3,(H,18,19,20). The maximum atomic E-state index is 4.68. The number of aryl methyl sites for hydroxylation is 2. The molecule has 0 saturated carbocycles. The van der Waals surface area contributed by atoms with Gasteiger partial charge in [-0.3, -0.25) is 0 Å². The van der Waals surface area contributed by atoms with E-state index in [0.717, 1.165) is 27.4 Å². The summed E-state index contributed by atoms with van der Waals surface area (Å²) < 4.78 is 1.10. The molecule has 1 aromatic carbocycles. The summed E-state index contributed by atoms with van der Waals surface area (Å²) in [5, 5.41) is 3.19. The van der Waals surface area contributed by atoms with Crippen LogP contribution in [0.2, 0.25) is 0 Å². The predicted molar refractivity (Wildman–Crippen MR) is 88.3 cm³/mol. The molecule has 0 unspecified atom stereocenters. The summed E-state index contributed by atoms with van der Waals surface area (Å²) in [6.07, 6.45) is 0. The number of benzene rings is 1. The maximum Gasteiger partial charge on any atom is 0.161 e. The van der Waals surface area contributed by atoms with Gasteiger partial charge in [-0.2, -0.15) is 0 Å². The molecule has 1 aromatic heterocycles. The van der Waals surface area contributed by atoms with Gasteiger partial charge in [-0.25, -0.2) is 9.97 Å². The quantitative estimate of drug-likeness (QED) is 0.885. The van der Waals surface area contributed by atoms with Crippen LogP contribution in [0.15, 0.2) is 22.7 Å². The molecule has 0 amide bonds. The van der Waals surface area contributed by atoms with E-state index in [-0.39, 0.29) is 0 Å². The minimum Gasteiger partial charge on any atom is -0.373 e. The van der Waals surface area contributed by atoms with Gasteiger partial charge < -0.3 is 5.32 Å². The molecular formula is C16H20BrN3. The molecule has 2 aromatic rings. The molecule has 1 N–H and O–H groups in total. The highest BCUT2D eigenvalue weighted by Gasteiger charge is 2.15. The third-order valence-electron chi connectivity index (χ3n) is 3.37. The molecule has 3 nitrogen and oxygen atoms in total. The van der Waals surface area contributed by atoms with Crippen LogP contribution in [0.4, 0.5) is 5.82 Å². The van der Waals surface area contributed by atoms with Crippen molar-refractivity contribution in [2.45, 2.75) is 33.6 Å². The molecule has 0 fully saturated rings. The molecule has 106 valence electrons. The Hall–Kier alpha value is -1.42. The molecule has 0 radical (unpaired) electrons. The van der Waals surface area contributed by atoms with E-state index >= 15 is 0 Å². The fourth-order valence-corrected chi connectivity index (χ4v) is 2.62. The molecular weight excluding hydrogens is 314 g/mol. The Bertz CT molecular complexity index is 636. The van der Waals surface area contributed by atoms with Crippen molar-refractivity contribution in [3.05, 3.63) is 39.5 Å². The number of anilines is 1. The first-order valence-corrected chi connectivity index (χ1v) is 7.56. The van der Waals surface area contributed by atoms with Crippen LogP contribution in [-0.4, -0.2) is 17.0 Å². The van der Waals surface area contributed by atoms with Gasteiger partial charge in [0.25, 0.3) is 0 Å². The Labute approximate surface area is 129 Å². The minimum atomic E-state index is 0.401. The highest BCUT2D eigenvalue weighted by atomic mass is 79.9. The number of halogens is 1. The molecule has 0 aliphatic rings. The summed E-state index contributed by atoms with van der Waals surface area (Å²) >= 11 is 3.52. The van der Waals surface area contributed by atoms with Gasteiger partial charge in [0.05, 0.1) is 0 Å². The number of aromatic nitrogens is 2. The van der Waals surface area contributed by atoms with E-state index in [0.29, 0.717) is 5.92 Å². The summed E-state index contributed by atoms with van der Waals surface area (Å²) in [6, 6.07) is 6.19. The smallest absolute Gasteiger partial charge is 0.161 e. The molecule has 0 aliphatic heterocycles. The van der Waals surface area contributed by atoms with Crippen LogP contribution >= 0.6 is 15.9 Å². The van der Waals surface area contributed by atoms with Crippen LogP contribution in [0.25, 0.3) is 11.4 Å². The van der Waals surface area contributed by atoms with Crippen LogP contribution < -0.4 is 5.32 Å². The SMILES string of the molecule is CNc1nc(-c2ccc(Br)c(C)c2)nc(C)c1C(C)C. The van der Waals surface area contributed by atoms with Gasteiger partial charge in [0.2, 0.25) is 0 Å². The van der Waals surface area contributed by atoms with E-state index in [1.165, 1.54) is 11.1 Å². The van der Waals surface area contributed by atoms with E-state index in [4.69, 9.17) is 0 Å². The van der Waals surface area contributed by atoms with Gasteiger partial charge in [0.15, 0.2) is 5.82 Å². The Balaban J connectivity index is 2.58. The van der Waals surface area contributed by atoms with E-state index in [1.807, 2.05) is 26.1 Å². The van der Waals surface area contributed by atoms with E-state index < -0.39 is 0 Å². The van der Waals surface area contributed by atoms with Gasteiger partial charge in [0, 0.05) is 28.3 Å². The highest BCUT2D eigenvalue weighted by Crippen LogP contribution is 2.29. The van der Waals surface area contributed by atoms with Gasteiger partial charge in [0.1, 0.15) is 5.82 Å². The average Bonchev–Trinajstić information content (AvgIpc) is 2.40. The normalized spacial score (nSPS) is 10.9. The number of hydrogen-bond acceptors (Lipinski definition) is 3. The zero-order valence-electron chi connectivity index (χ0n) is 12.6. The molecule has 0 saturated heterocycles. The highest BCUT2D eigenvalue weighted by molar-refractivity contribution is 9.10. The topological polar surface area (TPSA) is 37.8 Å². The lowest BCUT2D eigenvalue weighted by Crippen LogP contribution is -2.07. The first kappa shape index (κ1) is 15.0. The third kappa shape index (κ3) is 2.85. The van der Waals surface area contributed by atoms with Gasteiger partial charge in [-0.05, 0) is 37.5 Å². The zero-order chi connectivity index (χ0) is 14.9. The lowest BCUT2D eigenvalue weighted by Gasteiger charge is -2.16. The summed E-state index contributed by atoms with van der Waals surface area (Å²) in [5.74, 6) is 2.09. The van der Waals surface area contributed by atoms with Crippen molar-refractivity contribution in [2.24, 2.45) is 0 Å². The predicted octanol–water partition coefficient (Wildman–Crippen LogP) is 4.69. The van der Waals surface area contributed by atoms with Gasteiger partial charge >= 0.3 is 0 Å². The molecule has 2 rings (SSSR count). The summed E-state index contributed by atoms with van der Waals surface area (Å²) in [4.78, 5) is 9.35. The average molecular weight is 334 g/mol. The second-order valence-electron chi connectivity index (χ2n) is 5.26. The molecule has 4 heteroatoms. The summed E-state index contributed by atoms with van der Waals surface area (Å²) in [7, 11) is 1.91. The molecule has 20 heavy (non-hydrogen) atoms.